The predicted octanol–water partition coefficient (Wildman–Crippen LogP) is 2.68. The van der Waals surface area contributed by atoms with Gasteiger partial charge in [-0.05, 0) is 32.6 Å². The second-order valence-corrected chi connectivity index (χ2v) is 5.67. The number of aromatic nitrogens is 2. The number of hydrazine groups is 1. The Morgan fingerprint density at radius 1 is 1.29 bits per heavy atom. The molecular weight excluding hydrogens is 266 g/mol. The van der Waals surface area contributed by atoms with E-state index in [0.717, 1.165) is 11.7 Å². The number of rotatable bonds is 7. The third-order valence-corrected chi connectivity index (χ3v) is 4.09. The summed E-state index contributed by atoms with van der Waals surface area (Å²) in [5, 5.41) is 3.50. The first-order chi connectivity index (χ1) is 10.2. The van der Waals surface area contributed by atoms with Crippen molar-refractivity contribution in [3.8, 4) is 0 Å². The van der Waals surface area contributed by atoms with Crippen molar-refractivity contribution >= 4 is 11.6 Å². The Kier molecular flexibility index (Phi) is 6.20. The molecule has 1 heterocycles. The number of ether oxygens (including phenoxy) is 1. The van der Waals surface area contributed by atoms with E-state index in [0.29, 0.717) is 30.9 Å². The standard InChI is InChI=1S/C15H27N5O/c1-3-21-10-15-18-13(9-14(19-15)20-16)17-11(2)12-7-5-4-6-8-12/h9,11-12H,3-8,10,16H2,1-2H3,(H2,17,18,19,20). The van der Waals surface area contributed by atoms with Crippen LogP contribution in [0.3, 0.4) is 0 Å². The molecule has 0 bridgehead atoms. The van der Waals surface area contributed by atoms with E-state index < -0.39 is 0 Å². The molecule has 21 heavy (non-hydrogen) atoms. The highest BCUT2D eigenvalue weighted by atomic mass is 16.5. The fraction of sp³-hybridized carbons (Fsp3) is 0.733. The lowest BCUT2D eigenvalue weighted by Gasteiger charge is -2.28. The molecule has 4 N–H and O–H groups in total. The topological polar surface area (TPSA) is 85.1 Å². The predicted molar refractivity (Wildman–Crippen MR) is 84.8 cm³/mol. The Balaban J connectivity index is 2.03. The maximum atomic E-state index is 5.48. The highest BCUT2D eigenvalue weighted by Gasteiger charge is 2.20. The van der Waals surface area contributed by atoms with Crippen molar-refractivity contribution in [1.29, 1.82) is 0 Å². The van der Waals surface area contributed by atoms with E-state index in [4.69, 9.17) is 10.6 Å². The van der Waals surface area contributed by atoms with Crippen LogP contribution in [0.15, 0.2) is 6.07 Å². The van der Waals surface area contributed by atoms with Crippen molar-refractivity contribution in [3.63, 3.8) is 0 Å². The number of hydrogen-bond donors (Lipinski definition) is 3. The van der Waals surface area contributed by atoms with Crippen LogP contribution >= 0.6 is 0 Å². The number of nitrogens with two attached hydrogens (primary N) is 1. The van der Waals surface area contributed by atoms with Crippen molar-refractivity contribution in [3.05, 3.63) is 11.9 Å². The van der Waals surface area contributed by atoms with Gasteiger partial charge in [-0.15, -0.1) is 0 Å². The van der Waals surface area contributed by atoms with Gasteiger partial charge >= 0.3 is 0 Å². The Bertz CT molecular complexity index is 434. The summed E-state index contributed by atoms with van der Waals surface area (Å²) in [5.41, 5.74) is 2.59. The fourth-order valence-corrected chi connectivity index (χ4v) is 2.89. The van der Waals surface area contributed by atoms with Crippen LogP contribution in [0.5, 0.6) is 0 Å². The lowest BCUT2D eigenvalue weighted by Crippen LogP contribution is -2.28. The Morgan fingerprint density at radius 2 is 2.00 bits per heavy atom. The summed E-state index contributed by atoms with van der Waals surface area (Å²) < 4.78 is 5.37. The number of hydrogen-bond acceptors (Lipinski definition) is 6. The first kappa shape index (κ1) is 16.0. The molecule has 0 saturated heterocycles. The Hall–Kier alpha value is -1.40. The van der Waals surface area contributed by atoms with Crippen molar-refractivity contribution in [1.82, 2.24) is 9.97 Å². The highest BCUT2D eigenvalue weighted by Crippen LogP contribution is 2.28. The van der Waals surface area contributed by atoms with Crippen molar-refractivity contribution in [2.24, 2.45) is 11.8 Å². The first-order valence-electron chi connectivity index (χ1n) is 7.91. The molecule has 1 atom stereocenters. The molecule has 1 fully saturated rings. The lowest BCUT2D eigenvalue weighted by atomic mass is 9.84. The lowest BCUT2D eigenvalue weighted by molar-refractivity contribution is 0.128. The molecule has 118 valence electrons. The van der Waals surface area contributed by atoms with Crippen LogP contribution in [0.1, 0.15) is 51.8 Å². The van der Waals surface area contributed by atoms with E-state index in [1.807, 2.05) is 13.0 Å². The molecule has 1 aliphatic rings. The van der Waals surface area contributed by atoms with E-state index in [2.05, 4.69) is 27.6 Å². The average Bonchev–Trinajstić information content (AvgIpc) is 2.53. The van der Waals surface area contributed by atoms with Crippen molar-refractivity contribution in [2.45, 2.75) is 58.6 Å². The van der Waals surface area contributed by atoms with E-state index in [1.165, 1.54) is 32.1 Å². The number of nitrogen functional groups attached to an aromatic ring is 1. The van der Waals surface area contributed by atoms with E-state index >= 15 is 0 Å². The molecule has 1 saturated carbocycles. The van der Waals surface area contributed by atoms with Crippen LogP contribution in [0.4, 0.5) is 11.6 Å². The molecule has 1 aliphatic carbocycles. The van der Waals surface area contributed by atoms with Gasteiger partial charge in [0.1, 0.15) is 18.2 Å². The van der Waals surface area contributed by atoms with Gasteiger partial charge in [0.05, 0.1) is 0 Å². The Morgan fingerprint density at radius 3 is 2.67 bits per heavy atom. The van der Waals surface area contributed by atoms with E-state index in [9.17, 15) is 0 Å². The molecule has 1 aromatic rings. The number of anilines is 2. The van der Waals surface area contributed by atoms with Crippen molar-refractivity contribution < 1.29 is 4.74 Å². The van der Waals surface area contributed by atoms with Gasteiger partial charge < -0.3 is 15.5 Å². The molecule has 0 aliphatic heterocycles. The Labute approximate surface area is 126 Å². The van der Waals surface area contributed by atoms with Gasteiger partial charge in [0.25, 0.3) is 0 Å². The summed E-state index contributed by atoms with van der Waals surface area (Å²) in [6.07, 6.45) is 6.65. The van der Waals surface area contributed by atoms with Crippen molar-refractivity contribution in [2.75, 3.05) is 17.3 Å². The normalized spacial score (nSPS) is 17.5. The highest BCUT2D eigenvalue weighted by molar-refractivity contribution is 5.47. The van der Waals surface area contributed by atoms with Gasteiger partial charge in [0, 0.05) is 18.7 Å². The summed E-state index contributed by atoms with van der Waals surface area (Å²) >= 11 is 0. The molecule has 1 aromatic heterocycles. The third-order valence-electron chi connectivity index (χ3n) is 4.09. The molecule has 6 nitrogen and oxygen atoms in total. The second kappa shape index (κ2) is 8.14. The molecule has 2 rings (SSSR count). The van der Waals surface area contributed by atoms with E-state index in [1.54, 1.807) is 0 Å². The zero-order chi connectivity index (χ0) is 15.1. The largest absolute Gasteiger partial charge is 0.374 e. The van der Waals surface area contributed by atoms with Crippen LogP contribution in [-0.4, -0.2) is 22.6 Å². The van der Waals surface area contributed by atoms with Gasteiger partial charge in [-0.1, -0.05) is 19.3 Å². The minimum absolute atomic E-state index is 0.401. The minimum Gasteiger partial charge on any atom is -0.374 e. The monoisotopic (exact) mass is 293 g/mol. The molecule has 1 unspecified atom stereocenters. The summed E-state index contributed by atoms with van der Waals surface area (Å²) in [4.78, 5) is 8.81. The first-order valence-corrected chi connectivity index (χ1v) is 7.91. The number of nitrogens with one attached hydrogen (secondary N) is 2. The zero-order valence-electron chi connectivity index (χ0n) is 13.1. The molecular formula is C15H27N5O. The summed E-state index contributed by atoms with van der Waals surface area (Å²) in [6, 6.07) is 2.25. The quantitative estimate of drug-likeness (QED) is 0.529. The molecule has 0 aromatic carbocycles. The zero-order valence-corrected chi connectivity index (χ0v) is 13.1. The fourth-order valence-electron chi connectivity index (χ4n) is 2.89. The summed E-state index contributed by atoms with van der Waals surface area (Å²) in [6.45, 7) is 5.23. The molecule has 0 amide bonds. The number of nitrogens with zero attached hydrogens (tertiary/aromatic N) is 2. The van der Waals surface area contributed by atoms with Crippen LogP contribution in [0.25, 0.3) is 0 Å². The molecule has 0 spiro atoms. The third kappa shape index (κ3) is 4.82. The van der Waals surface area contributed by atoms with Crippen LogP contribution in [0, 0.1) is 5.92 Å². The average molecular weight is 293 g/mol. The van der Waals surface area contributed by atoms with Crippen LogP contribution in [0.2, 0.25) is 0 Å². The van der Waals surface area contributed by atoms with Gasteiger partial charge in [0.2, 0.25) is 0 Å². The SMILES string of the molecule is CCOCc1nc(NN)cc(NC(C)C2CCCCC2)n1. The van der Waals surface area contributed by atoms with Gasteiger partial charge in [0.15, 0.2) is 5.82 Å². The van der Waals surface area contributed by atoms with Gasteiger partial charge in [-0.25, -0.2) is 15.8 Å². The molecule has 0 radical (unpaired) electrons. The van der Waals surface area contributed by atoms with Gasteiger partial charge in [-0.3, -0.25) is 0 Å². The van der Waals surface area contributed by atoms with Gasteiger partial charge in [-0.2, -0.15) is 0 Å². The summed E-state index contributed by atoms with van der Waals surface area (Å²) in [5.74, 6) is 8.27. The smallest absolute Gasteiger partial charge is 0.158 e. The van der Waals surface area contributed by atoms with Crippen LogP contribution < -0.4 is 16.6 Å². The maximum Gasteiger partial charge on any atom is 0.158 e. The summed E-state index contributed by atoms with van der Waals surface area (Å²) in [7, 11) is 0. The second-order valence-electron chi connectivity index (χ2n) is 5.67. The molecule has 6 heteroatoms. The van der Waals surface area contributed by atoms with Crippen LogP contribution in [-0.2, 0) is 11.3 Å². The minimum atomic E-state index is 0.401. The van der Waals surface area contributed by atoms with E-state index in [-0.39, 0.29) is 0 Å². The maximum absolute atomic E-state index is 5.48.